The summed E-state index contributed by atoms with van der Waals surface area (Å²) < 4.78 is 5.22. The highest BCUT2D eigenvalue weighted by Gasteiger charge is 2.36. The van der Waals surface area contributed by atoms with Crippen LogP contribution in [0.25, 0.3) is 0 Å². The Hall–Kier alpha value is -3.15. The number of nitrogens with zero attached hydrogens (tertiary/aromatic N) is 2. The summed E-state index contributed by atoms with van der Waals surface area (Å²) in [5.41, 5.74) is 1.81. The molecule has 3 rings (SSSR count). The topological polar surface area (TPSA) is 70.8 Å². The standard InChI is InChI=1S/C20H20N2O4/c1-4-21(11-13(2)3)18(23)14-7-8-16-17(10-14)20(25)22(19(16)24)12-15-6-5-9-26-15/h5-10H,2,4,11-12H2,1,3H3. The van der Waals surface area contributed by atoms with Crippen LogP contribution in [0.1, 0.15) is 50.7 Å². The third kappa shape index (κ3) is 3.18. The van der Waals surface area contributed by atoms with Crippen molar-refractivity contribution in [2.45, 2.75) is 20.4 Å². The molecule has 2 aromatic rings. The van der Waals surface area contributed by atoms with E-state index in [1.165, 1.54) is 12.3 Å². The lowest BCUT2D eigenvalue weighted by Gasteiger charge is -2.21. The Bertz CT molecular complexity index is 883. The molecule has 6 nitrogen and oxygen atoms in total. The van der Waals surface area contributed by atoms with Crippen LogP contribution in [0.15, 0.2) is 53.2 Å². The van der Waals surface area contributed by atoms with Gasteiger partial charge >= 0.3 is 0 Å². The van der Waals surface area contributed by atoms with Crippen molar-refractivity contribution in [2.24, 2.45) is 0 Å². The quantitative estimate of drug-likeness (QED) is 0.592. The van der Waals surface area contributed by atoms with E-state index >= 15 is 0 Å². The summed E-state index contributed by atoms with van der Waals surface area (Å²) >= 11 is 0. The molecule has 0 saturated heterocycles. The highest BCUT2D eigenvalue weighted by Crippen LogP contribution is 2.26. The fraction of sp³-hybridized carbons (Fsp3) is 0.250. The van der Waals surface area contributed by atoms with E-state index in [1.54, 1.807) is 29.2 Å². The Morgan fingerprint density at radius 3 is 2.54 bits per heavy atom. The first-order chi connectivity index (χ1) is 12.4. The van der Waals surface area contributed by atoms with Crippen LogP contribution in [-0.2, 0) is 6.54 Å². The smallest absolute Gasteiger partial charge is 0.261 e. The Balaban J connectivity index is 1.87. The number of fused-ring (bicyclic) bond motifs is 1. The maximum Gasteiger partial charge on any atom is 0.261 e. The van der Waals surface area contributed by atoms with Crippen molar-refractivity contribution in [3.8, 4) is 0 Å². The normalized spacial score (nSPS) is 13.1. The van der Waals surface area contributed by atoms with Gasteiger partial charge in [0.1, 0.15) is 5.76 Å². The van der Waals surface area contributed by atoms with Crippen LogP contribution in [0.5, 0.6) is 0 Å². The summed E-state index contributed by atoms with van der Waals surface area (Å²) in [7, 11) is 0. The van der Waals surface area contributed by atoms with E-state index in [4.69, 9.17) is 4.42 Å². The summed E-state index contributed by atoms with van der Waals surface area (Å²) in [5, 5.41) is 0. The fourth-order valence-electron chi connectivity index (χ4n) is 2.96. The summed E-state index contributed by atoms with van der Waals surface area (Å²) in [4.78, 5) is 40.6. The number of likely N-dealkylation sites (N-methyl/N-ethyl adjacent to an activating group) is 1. The average molecular weight is 352 g/mol. The molecule has 6 heteroatoms. The third-order valence-electron chi connectivity index (χ3n) is 4.24. The van der Waals surface area contributed by atoms with Crippen molar-refractivity contribution in [1.82, 2.24) is 9.80 Å². The lowest BCUT2D eigenvalue weighted by Crippen LogP contribution is -2.32. The second kappa shape index (κ2) is 7.00. The van der Waals surface area contributed by atoms with E-state index in [0.29, 0.717) is 30.0 Å². The van der Waals surface area contributed by atoms with Crippen LogP contribution >= 0.6 is 0 Å². The van der Waals surface area contributed by atoms with E-state index < -0.39 is 5.91 Å². The van der Waals surface area contributed by atoms with Gasteiger partial charge in [-0.15, -0.1) is 0 Å². The van der Waals surface area contributed by atoms with Crippen LogP contribution in [0.3, 0.4) is 0 Å². The monoisotopic (exact) mass is 352 g/mol. The van der Waals surface area contributed by atoms with E-state index in [0.717, 1.165) is 10.5 Å². The van der Waals surface area contributed by atoms with Gasteiger partial charge in [0.15, 0.2) is 0 Å². The molecule has 1 aliphatic heterocycles. The Morgan fingerprint density at radius 2 is 1.92 bits per heavy atom. The largest absolute Gasteiger partial charge is 0.467 e. The minimum Gasteiger partial charge on any atom is -0.467 e. The number of hydrogen-bond acceptors (Lipinski definition) is 4. The van der Waals surface area contributed by atoms with E-state index in [9.17, 15) is 14.4 Å². The van der Waals surface area contributed by atoms with Gasteiger partial charge in [-0.2, -0.15) is 0 Å². The van der Waals surface area contributed by atoms with E-state index in [1.807, 2.05) is 13.8 Å². The number of carbonyl (C=O) groups excluding carboxylic acids is 3. The highest BCUT2D eigenvalue weighted by atomic mass is 16.3. The van der Waals surface area contributed by atoms with Crippen molar-refractivity contribution in [1.29, 1.82) is 0 Å². The fourth-order valence-corrected chi connectivity index (χ4v) is 2.96. The predicted octanol–water partition coefficient (Wildman–Crippen LogP) is 3.11. The molecular weight excluding hydrogens is 332 g/mol. The molecule has 0 spiro atoms. The molecule has 0 unspecified atom stereocenters. The first kappa shape index (κ1) is 17.7. The number of amides is 3. The van der Waals surface area contributed by atoms with Crippen molar-refractivity contribution in [2.75, 3.05) is 13.1 Å². The molecule has 0 fully saturated rings. The van der Waals surface area contributed by atoms with Gasteiger partial charge in [-0.3, -0.25) is 19.3 Å². The molecule has 26 heavy (non-hydrogen) atoms. The first-order valence-electron chi connectivity index (χ1n) is 8.38. The van der Waals surface area contributed by atoms with Crippen molar-refractivity contribution < 1.29 is 18.8 Å². The molecule has 3 amide bonds. The molecule has 0 bridgehead atoms. The molecular formula is C20H20N2O4. The minimum atomic E-state index is -0.418. The maximum atomic E-state index is 12.7. The van der Waals surface area contributed by atoms with Gasteiger partial charge in [0.2, 0.25) is 0 Å². The van der Waals surface area contributed by atoms with Crippen molar-refractivity contribution in [3.63, 3.8) is 0 Å². The molecule has 1 aromatic heterocycles. The van der Waals surface area contributed by atoms with E-state index in [-0.39, 0.29) is 23.9 Å². The van der Waals surface area contributed by atoms with Gasteiger partial charge in [0.25, 0.3) is 17.7 Å². The maximum absolute atomic E-state index is 12.7. The molecule has 0 N–H and O–H groups in total. The second-order valence-electron chi connectivity index (χ2n) is 6.31. The van der Waals surface area contributed by atoms with E-state index in [2.05, 4.69) is 6.58 Å². The van der Waals surface area contributed by atoms with Crippen molar-refractivity contribution >= 4 is 17.7 Å². The zero-order valence-corrected chi connectivity index (χ0v) is 14.8. The molecule has 2 heterocycles. The Morgan fingerprint density at radius 1 is 1.19 bits per heavy atom. The second-order valence-corrected chi connectivity index (χ2v) is 6.31. The van der Waals surface area contributed by atoms with Gasteiger partial charge in [0, 0.05) is 18.7 Å². The number of rotatable bonds is 6. The summed E-state index contributed by atoms with van der Waals surface area (Å²) in [5.74, 6) is -0.467. The molecule has 0 aliphatic carbocycles. The lowest BCUT2D eigenvalue weighted by molar-refractivity contribution is 0.0631. The van der Waals surface area contributed by atoms with Crippen LogP contribution in [0, 0.1) is 0 Å². The lowest BCUT2D eigenvalue weighted by atomic mass is 10.0. The minimum absolute atomic E-state index is 0.0688. The summed E-state index contributed by atoms with van der Waals surface area (Å²) in [6.07, 6.45) is 1.49. The van der Waals surface area contributed by atoms with Gasteiger partial charge in [0.05, 0.1) is 23.9 Å². The average Bonchev–Trinajstić information content (AvgIpc) is 3.22. The number of carbonyl (C=O) groups is 3. The molecule has 0 saturated carbocycles. The van der Waals surface area contributed by atoms with Crippen LogP contribution < -0.4 is 0 Å². The first-order valence-corrected chi connectivity index (χ1v) is 8.38. The molecule has 1 aromatic carbocycles. The van der Waals surface area contributed by atoms with Gasteiger partial charge in [-0.1, -0.05) is 12.2 Å². The number of imide groups is 1. The third-order valence-corrected chi connectivity index (χ3v) is 4.24. The number of furan rings is 1. The molecule has 0 atom stereocenters. The SMILES string of the molecule is C=C(C)CN(CC)C(=O)c1ccc2c(c1)C(=O)N(Cc1ccco1)C2=O. The molecule has 1 aliphatic rings. The zero-order chi connectivity index (χ0) is 18.8. The van der Waals surface area contributed by atoms with Crippen molar-refractivity contribution in [3.05, 3.63) is 71.2 Å². The number of benzene rings is 1. The summed E-state index contributed by atoms with van der Waals surface area (Å²) in [6.45, 7) is 8.62. The van der Waals surface area contributed by atoms with Crippen LogP contribution in [-0.4, -0.2) is 40.6 Å². The molecule has 0 radical (unpaired) electrons. The highest BCUT2D eigenvalue weighted by molar-refractivity contribution is 6.22. The molecule has 134 valence electrons. The predicted molar refractivity (Wildman–Crippen MR) is 95.7 cm³/mol. The zero-order valence-electron chi connectivity index (χ0n) is 14.8. The Labute approximate surface area is 151 Å². The Kier molecular flexibility index (Phi) is 4.75. The van der Waals surface area contributed by atoms with Crippen LogP contribution in [0.4, 0.5) is 0 Å². The summed E-state index contributed by atoms with van der Waals surface area (Å²) in [6, 6.07) is 8.03. The van der Waals surface area contributed by atoms with Gasteiger partial charge in [-0.05, 0) is 44.2 Å². The van der Waals surface area contributed by atoms with Gasteiger partial charge in [-0.25, -0.2) is 0 Å². The van der Waals surface area contributed by atoms with Crippen LogP contribution in [0.2, 0.25) is 0 Å². The van der Waals surface area contributed by atoms with Gasteiger partial charge < -0.3 is 9.32 Å². The number of hydrogen-bond donors (Lipinski definition) is 0.